The number of rotatable bonds is 4. The number of anilines is 1. The molecule has 1 aliphatic rings. The number of benzene rings is 1. The van der Waals surface area contributed by atoms with Gasteiger partial charge in [-0.25, -0.2) is 8.42 Å². The van der Waals surface area contributed by atoms with Crippen molar-refractivity contribution in [3.05, 3.63) is 28.3 Å². The van der Waals surface area contributed by atoms with Crippen LogP contribution in [-0.2, 0) is 9.84 Å². The topological polar surface area (TPSA) is 80.5 Å². The summed E-state index contributed by atoms with van der Waals surface area (Å²) in [6, 6.07) is 4.13. The van der Waals surface area contributed by atoms with E-state index >= 15 is 0 Å². The van der Waals surface area contributed by atoms with Gasteiger partial charge in [0.05, 0.1) is 15.5 Å². The maximum Gasteiger partial charge on any atom is 0.270 e. The van der Waals surface area contributed by atoms with Crippen LogP contribution >= 0.6 is 0 Å². The molecule has 0 bridgehead atoms. The number of hydrogen-bond donors (Lipinski definition) is 0. The van der Waals surface area contributed by atoms with E-state index in [1.54, 1.807) is 6.07 Å². The van der Waals surface area contributed by atoms with Crippen LogP contribution in [0.3, 0.4) is 0 Å². The van der Waals surface area contributed by atoms with Crippen LogP contribution in [0.5, 0.6) is 0 Å². The molecular weight excluding hydrogens is 316 g/mol. The summed E-state index contributed by atoms with van der Waals surface area (Å²) in [4.78, 5) is 12.5. The monoisotopic (exact) mass is 340 g/mol. The van der Waals surface area contributed by atoms with Crippen molar-refractivity contribution in [3.63, 3.8) is 0 Å². The van der Waals surface area contributed by atoms with Gasteiger partial charge in [0.15, 0.2) is 9.84 Å². The van der Waals surface area contributed by atoms with Crippen LogP contribution in [0.25, 0.3) is 0 Å². The summed E-state index contributed by atoms with van der Waals surface area (Å²) in [6.45, 7) is 6.00. The van der Waals surface area contributed by atoms with Crippen LogP contribution in [0, 0.1) is 22.0 Å². The molecule has 1 fully saturated rings. The highest BCUT2D eigenvalue weighted by Crippen LogP contribution is 2.33. The van der Waals surface area contributed by atoms with Crippen molar-refractivity contribution in [3.8, 4) is 0 Å². The zero-order valence-corrected chi connectivity index (χ0v) is 14.7. The quantitative estimate of drug-likeness (QED) is 0.621. The van der Waals surface area contributed by atoms with Crippen molar-refractivity contribution < 1.29 is 13.3 Å². The Labute approximate surface area is 137 Å². The van der Waals surface area contributed by atoms with Crippen molar-refractivity contribution >= 4 is 21.2 Å². The average molecular weight is 340 g/mol. The van der Waals surface area contributed by atoms with E-state index in [2.05, 4.69) is 18.7 Å². The molecule has 0 radical (unpaired) electrons. The normalized spacial score (nSPS) is 19.7. The van der Waals surface area contributed by atoms with Crippen LogP contribution in [0.1, 0.15) is 33.1 Å². The summed E-state index contributed by atoms with van der Waals surface area (Å²) in [5, 5.41) is 10.9. The molecule has 1 saturated heterocycles. The molecule has 1 heterocycles. The third-order valence-corrected chi connectivity index (χ3v) is 5.74. The minimum absolute atomic E-state index is 0.0506. The Kier molecular flexibility index (Phi) is 5.29. The second-order valence-corrected chi connectivity index (χ2v) is 8.59. The number of hydrogen-bond acceptors (Lipinski definition) is 5. The highest BCUT2D eigenvalue weighted by atomic mass is 32.2. The van der Waals surface area contributed by atoms with Crippen molar-refractivity contribution in [2.24, 2.45) is 11.8 Å². The maximum absolute atomic E-state index is 12.1. The predicted molar refractivity (Wildman–Crippen MR) is 90.6 cm³/mol. The van der Waals surface area contributed by atoms with Gasteiger partial charge in [-0.15, -0.1) is 0 Å². The lowest BCUT2D eigenvalue weighted by atomic mass is 9.89. The fourth-order valence-electron chi connectivity index (χ4n) is 3.20. The standard InChI is InChI=1S/C16H24N2O4S/c1-12(2)13-5-4-9-17(10-8-13)15-7-6-14(18(19)20)11-16(15)23(3,21)22/h6-7,11-13H,4-5,8-10H2,1-3H3. The molecule has 0 aliphatic carbocycles. The molecular formula is C16H24N2O4S. The van der Waals surface area contributed by atoms with Gasteiger partial charge in [0.1, 0.15) is 0 Å². The van der Waals surface area contributed by atoms with E-state index < -0.39 is 14.8 Å². The molecule has 1 unspecified atom stereocenters. The zero-order valence-electron chi connectivity index (χ0n) is 13.9. The Morgan fingerprint density at radius 1 is 1.26 bits per heavy atom. The largest absolute Gasteiger partial charge is 0.370 e. The summed E-state index contributed by atoms with van der Waals surface area (Å²) in [5.41, 5.74) is 0.395. The predicted octanol–water partition coefficient (Wildman–Crippen LogP) is 3.26. The van der Waals surface area contributed by atoms with E-state index in [0.717, 1.165) is 38.6 Å². The van der Waals surface area contributed by atoms with E-state index in [1.807, 2.05) is 0 Å². The molecule has 6 nitrogen and oxygen atoms in total. The van der Waals surface area contributed by atoms with Gasteiger partial charge in [0, 0.05) is 31.5 Å². The number of sulfone groups is 1. The van der Waals surface area contributed by atoms with Crippen molar-refractivity contribution in [1.82, 2.24) is 0 Å². The molecule has 23 heavy (non-hydrogen) atoms. The molecule has 0 N–H and O–H groups in total. The highest BCUT2D eigenvalue weighted by Gasteiger charge is 2.25. The summed E-state index contributed by atoms with van der Waals surface area (Å²) in [6.07, 6.45) is 4.25. The second kappa shape index (κ2) is 6.86. The average Bonchev–Trinajstić information content (AvgIpc) is 2.71. The van der Waals surface area contributed by atoms with Crippen molar-refractivity contribution in [1.29, 1.82) is 0 Å². The van der Waals surface area contributed by atoms with Crippen LogP contribution in [0.4, 0.5) is 11.4 Å². The van der Waals surface area contributed by atoms with Gasteiger partial charge in [0.2, 0.25) is 0 Å². The smallest absolute Gasteiger partial charge is 0.270 e. The number of non-ortho nitro benzene ring substituents is 1. The van der Waals surface area contributed by atoms with E-state index in [0.29, 0.717) is 17.5 Å². The Morgan fingerprint density at radius 2 is 1.96 bits per heavy atom. The van der Waals surface area contributed by atoms with Gasteiger partial charge in [-0.1, -0.05) is 13.8 Å². The van der Waals surface area contributed by atoms with E-state index in [-0.39, 0.29) is 10.6 Å². The Morgan fingerprint density at radius 3 is 2.52 bits per heavy atom. The lowest BCUT2D eigenvalue weighted by Gasteiger charge is -2.25. The third-order valence-electron chi connectivity index (χ3n) is 4.61. The molecule has 7 heteroatoms. The minimum Gasteiger partial charge on any atom is -0.370 e. The molecule has 0 spiro atoms. The molecule has 2 rings (SSSR count). The first kappa shape index (κ1) is 17.7. The first-order valence-corrected chi connectivity index (χ1v) is 9.82. The zero-order chi connectivity index (χ0) is 17.2. The fraction of sp³-hybridized carbons (Fsp3) is 0.625. The van der Waals surface area contributed by atoms with E-state index in [9.17, 15) is 18.5 Å². The van der Waals surface area contributed by atoms with Gasteiger partial charge in [-0.2, -0.15) is 0 Å². The Hall–Kier alpha value is -1.63. The molecule has 0 amide bonds. The van der Waals surface area contributed by atoms with Crippen molar-refractivity contribution in [2.75, 3.05) is 24.2 Å². The molecule has 1 aliphatic heterocycles. The summed E-state index contributed by atoms with van der Waals surface area (Å²) in [7, 11) is -3.53. The summed E-state index contributed by atoms with van der Waals surface area (Å²) >= 11 is 0. The van der Waals surface area contributed by atoms with E-state index in [4.69, 9.17) is 0 Å². The molecule has 0 aromatic heterocycles. The molecule has 0 saturated carbocycles. The SMILES string of the molecule is CC(C)C1CCCN(c2ccc([N+](=O)[O-])cc2S(C)(=O)=O)CC1. The molecule has 1 aromatic carbocycles. The first-order chi connectivity index (χ1) is 10.7. The number of nitro benzene ring substituents is 1. The van der Waals surface area contributed by atoms with Gasteiger partial charge >= 0.3 is 0 Å². The summed E-state index contributed by atoms with van der Waals surface area (Å²) in [5.74, 6) is 1.25. The van der Waals surface area contributed by atoms with Gasteiger partial charge < -0.3 is 4.90 Å². The van der Waals surface area contributed by atoms with Crippen LogP contribution < -0.4 is 4.90 Å². The second-order valence-electron chi connectivity index (χ2n) is 6.60. The molecule has 128 valence electrons. The fourth-order valence-corrected chi connectivity index (χ4v) is 4.12. The first-order valence-electron chi connectivity index (χ1n) is 7.93. The lowest BCUT2D eigenvalue weighted by Crippen LogP contribution is -2.26. The minimum atomic E-state index is -3.53. The maximum atomic E-state index is 12.1. The highest BCUT2D eigenvalue weighted by molar-refractivity contribution is 7.90. The molecule has 1 atom stereocenters. The van der Waals surface area contributed by atoms with Gasteiger partial charge in [-0.05, 0) is 37.2 Å². The van der Waals surface area contributed by atoms with Crippen LogP contribution in [-0.4, -0.2) is 32.7 Å². The van der Waals surface area contributed by atoms with Crippen LogP contribution in [0.2, 0.25) is 0 Å². The van der Waals surface area contributed by atoms with Crippen LogP contribution in [0.15, 0.2) is 23.1 Å². The molecule has 1 aromatic rings. The van der Waals surface area contributed by atoms with Gasteiger partial charge in [0.25, 0.3) is 5.69 Å². The number of nitro groups is 1. The summed E-state index contributed by atoms with van der Waals surface area (Å²) < 4.78 is 24.2. The van der Waals surface area contributed by atoms with Gasteiger partial charge in [-0.3, -0.25) is 10.1 Å². The lowest BCUT2D eigenvalue weighted by molar-refractivity contribution is -0.385. The Balaban J connectivity index is 2.37. The third kappa shape index (κ3) is 4.22. The van der Waals surface area contributed by atoms with E-state index in [1.165, 1.54) is 12.1 Å². The Bertz CT molecular complexity index is 685. The number of nitrogens with zero attached hydrogens (tertiary/aromatic N) is 2. The van der Waals surface area contributed by atoms with Crippen molar-refractivity contribution in [2.45, 2.75) is 38.0 Å².